The van der Waals surface area contributed by atoms with Gasteiger partial charge in [0.2, 0.25) is 0 Å². The summed E-state index contributed by atoms with van der Waals surface area (Å²) in [5, 5.41) is 6.99. The molecule has 0 fully saturated rings. The van der Waals surface area contributed by atoms with Crippen molar-refractivity contribution in [1.82, 2.24) is 15.6 Å². The highest BCUT2D eigenvalue weighted by Gasteiger charge is 2.21. The van der Waals surface area contributed by atoms with Crippen LogP contribution in [0, 0.1) is 6.92 Å². The molecule has 0 atom stereocenters. The Kier molecular flexibility index (Phi) is 4.91. The van der Waals surface area contributed by atoms with Crippen LogP contribution in [0.2, 0.25) is 0 Å². The van der Waals surface area contributed by atoms with E-state index in [2.05, 4.69) is 15.6 Å². The molecular formula is C14H18N4O3. The van der Waals surface area contributed by atoms with E-state index in [1.54, 1.807) is 14.0 Å². The number of hydrogen-bond donors (Lipinski definition) is 3. The summed E-state index contributed by atoms with van der Waals surface area (Å²) in [7, 11) is 1.61. The molecule has 0 spiro atoms. The van der Waals surface area contributed by atoms with Crippen molar-refractivity contribution in [2.24, 2.45) is 5.84 Å². The van der Waals surface area contributed by atoms with Crippen LogP contribution in [0.25, 0.3) is 11.3 Å². The summed E-state index contributed by atoms with van der Waals surface area (Å²) < 4.78 is 10.6. The van der Waals surface area contributed by atoms with E-state index in [9.17, 15) is 4.79 Å². The first-order chi connectivity index (χ1) is 10.2. The second-order valence-electron chi connectivity index (χ2n) is 4.38. The molecule has 0 aliphatic rings. The van der Waals surface area contributed by atoms with E-state index in [1.165, 1.54) is 0 Å². The maximum Gasteiger partial charge on any atom is 0.269 e. The molecule has 1 aromatic carbocycles. The molecule has 0 unspecified atom stereocenters. The lowest BCUT2D eigenvalue weighted by atomic mass is 10.0. The zero-order valence-corrected chi connectivity index (χ0v) is 12.0. The minimum atomic E-state index is -0.400. The second kappa shape index (κ2) is 6.87. The van der Waals surface area contributed by atoms with Gasteiger partial charge in [-0.15, -0.1) is 0 Å². The number of aryl methyl sites for hydroxylation is 1. The van der Waals surface area contributed by atoms with Crippen molar-refractivity contribution in [3.05, 3.63) is 35.5 Å². The Bertz CT molecular complexity index is 624. The summed E-state index contributed by atoms with van der Waals surface area (Å²) >= 11 is 0. The van der Waals surface area contributed by atoms with Gasteiger partial charge in [-0.3, -0.25) is 15.3 Å². The van der Waals surface area contributed by atoms with Crippen LogP contribution >= 0.6 is 0 Å². The topological polar surface area (TPSA) is 102 Å². The normalized spacial score (nSPS) is 10.4. The quantitative estimate of drug-likeness (QED) is 0.319. The molecule has 0 aliphatic carbocycles. The Hall–Kier alpha value is -2.38. The molecule has 21 heavy (non-hydrogen) atoms. The summed E-state index contributed by atoms with van der Waals surface area (Å²) in [5.74, 6) is 5.46. The highest BCUT2D eigenvalue weighted by atomic mass is 16.5. The number of benzene rings is 1. The molecule has 0 aliphatic heterocycles. The molecule has 2 aromatic rings. The molecule has 0 saturated heterocycles. The first-order valence-corrected chi connectivity index (χ1v) is 6.46. The number of nitrogens with one attached hydrogen (secondary N) is 2. The van der Waals surface area contributed by atoms with Gasteiger partial charge in [-0.25, -0.2) is 5.84 Å². The summed E-state index contributed by atoms with van der Waals surface area (Å²) in [4.78, 5) is 11.9. The molecule has 0 radical (unpaired) electrons. The smallest absolute Gasteiger partial charge is 0.269 e. The van der Waals surface area contributed by atoms with Crippen molar-refractivity contribution in [2.75, 3.05) is 20.3 Å². The maximum absolute atomic E-state index is 11.9. The van der Waals surface area contributed by atoms with Gasteiger partial charge in [-0.1, -0.05) is 12.1 Å². The van der Waals surface area contributed by atoms with E-state index in [0.717, 1.165) is 5.56 Å². The molecule has 2 rings (SSSR count). The van der Waals surface area contributed by atoms with Gasteiger partial charge in [0.05, 0.1) is 12.2 Å². The molecule has 0 bridgehead atoms. The lowest BCUT2D eigenvalue weighted by molar-refractivity contribution is 0.0953. The van der Waals surface area contributed by atoms with Crippen molar-refractivity contribution in [2.45, 2.75) is 6.92 Å². The number of nitrogen functional groups attached to an aromatic ring is 1. The zero-order valence-electron chi connectivity index (χ0n) is 12.0. The number of aromatic nitrogens is 2. The van der Waals surface area contributed by atoms with Gasteiger partial charge >= 0.3 is 0 Å². The Morgan fingerprint density at radius 2 is 2.14 bits per heavy atom. The molecule has 1 heterocycles. The lowest BCUT2D eigenvalue weighted by Crippen LogP contribution is -2.30. The molecule has 7 nitrogen and oxygen atoms in total. The number of ether oxygens (including phenoxy) is 2. The Labute approximate surface area is 122 Å². The predicted octanol–water partition coefficient (Wildman–Crippen LogP) is 1.01. The number of methoxy groups -OCH3 is 1. The average Bonchev–Trinajstić information content (AvgIpc) is 2.89. The van der Waals surface area contributed by atoms with Gasteiger partial charge in [0.15, 0.2) is 0 Å². The van der Waals surface area contributed by atoms with E-state index < -0.39 is 5.91 Å². The number of amides is 1. The third-order valence-corrected chi connectivity index (χ3v) is 2.99. The third-order valence-electron chi connectivity index (χ3n) is 2.99. The van der Waals surface area contributed by atoms with Crippen molar-refractivity contribution in [3.8, 4) is 17.0 Å². The summed E-state index contributed by atoms with van der Waals surface area (Å²) in [6, 6.07) is 7.37. The summed E-state index contributed by atoms with van der Waals surface area (Å²) in [6.45, 7) is 2.65. The van der Waals surface area contributed by atoms with Crippen LogP contribution < -0.4 is 16.0 Å². The van der Waals surface area contributed by atoms with E-state index in [1.807, 2.05) is 24.3 Å². The van der Waals surface area contributed by atoms with Crippen LogP contribution in [-0.4, -0.2) is 36.4 Å². The minimum Gasteiger partial charge on any atom is -0.490 e. The van der Waals surface area contributed by atoms with Crippen LogP contribution in [0.1, 0.15) is 16.1 Å². The van der Waals surface area contributed by atoms with Crippen molar-refractivity contribution in [1.29, 1.82) is 0 Å². The number of aromatic amines is 1. The highest BCUT2D eigenvalue weighted by Crippen LogP contribution is 2.31. The van der Waals surface area contributed by atoms with Crippen LogP contribution in [0.4, 0.5) is 0 Å². The van der Waals surface area contributed by atoms with Gasteiger partial charge in [0.1, 0.15) is 18.1 Å². The average molecular weight is 290 g/mol. The Morgan fingerprint density at radius 3 is 2.86 bits per heavy atom. The lowest BCUT2D eigenvalue weighted by Gasteiger charge is -2.10. The number of nitrogens with two attached hydrogens (primary N) is 1. The van der Waals surface area contributed by atoms with Gasteiger partial charge in [-0.05, 0) is 19.1 Å². The number of hydrogen-bond acceptors (Lipinski definition) is 5. The molecule has 1 amide bonds. The van der Waals surface area contributed by atoms with Crippen molar-refractivity contribution < 1.29 is 14.3 Å². The molecule has 1 aromatic heterocycles. The van der Waals surface area contributed by atoms with Gasteiger partial charge in [0.25, 0.3) is 5.91 Å². The standard InChI is InChI=1S/C14H18N4O3/c1-9-12(14(19)16-15)13(18-17-9)10-5-3-4-6-11(10)21-8-7-20-2/h3-6H,7-8,15H2,1-2H3,(H,16,19)(H,17,18). The first-order valence-electron chi connectivity index (χ1n) is 6.46. The molecule has 7 heteroatoms. The number of nitrogens with zero attached hydrogens (tertiary/aromatic N) is 1. The fourth-order valence-corrected chi connectivity index (χ4v) is 2.00. The molecular weight excluding hydrogens is 272 g/mol. The van der Waals surface area contributed by atoms with Crippen LogP contribution in [0.3, 0.4) is 0 Å². The second-order valence-corrected chi connectivity index (χ2v) is 4.38. The van der Waals surface area contributed by atoms with Crippen LogP contribution in [0.5, 0.6) is 5.75 Å². The van der Waals surface area contributed by atoms with Gasteiger partial charge in [-0.2, -0.15) is 5.10 Å². The first kappa shape index (κ1) is 15.0. The number of carbonyl (C=O) groups excluding carboxylic acids is 1. The van der Waals surface area contributed by atoms with Gasteiger partial charge < -0.3 is 9.47 Å². The highest BCUT2D eigenvalue weighted by molar-refractivity contribution is 6.01. The predicted molar refractivity (Wildman–Crippen MR) is 77.8 cm³/mol. The largest absolute Gasteiger partial charge is 0.490 e. The fraction of sp³-hybridized carbons (Fsp3) is 0.286. The van der Waals surface area contributed by atoms with Crippen molar-refractivity contribution >= 4 is 5.91 Å². The van der Waals surface area contributed by atoms with Gasteiger partial charge in [0, 0.05) is 18.4 Å². The maximum atomic E-state index is 11.9. The van der Waals surface area contributed by atoms with Crippen LogP contribution in [-0.2, 0) is 4.74 Å². The molecule has 4 N–H and O–H groups in total. The number of rotatable bonds is 6. The monoisotopic (exact) mass is 290 g/mol. The zero-order chi connectivity index (χ0) is 15.2. The van der Waals surface area contributed by atoms with E-state index >= 15 is 0 Å². The molecule has 0 saturated carbocycles. The third kappa shape index (κ3) is 3.21. The molecule has 112 valence electrons. The van der Waals surface area contributed by atoms with Crippen LogP contribution in [0.15, 0.2) is 24.3 Å². The fourth-order valence-electron chi connectivity index (χ4n) is 2.00. The van der Waals surface area contributed by atoms with E-state index in [0.29, 0.717) is 35.9 Å². The summed E-state index contributed by atoms with van der Waals surface area (Å²) in [6.07, 6.45) is 0. The van der Waals surface area contributed by atoms with E-state index in [4.69, 9.17) is 15.3 Å². The number of H-pyrrole nitrogens is 1. The Balaban J connectivity index is 2.40. The number of carbonyl (C=O) groups is 1. The van der Waals surface area contributed by atoms with Crippen molar-refractivity contribution in [3.63, 3.8) is 0 Å². The number of hydrazine groups is 1. The van der Waals surface area contributed by atoms with E-state index in [-0.39, 0.29) is 0 Å². The SMILES string of the molecule is COCCOc1ccccc1-c1n[nH]c(C)c1C(=O)NN. The summed E-state index contributed by atoms with van der Waals surface area (Å²) in [5.41, 5.74) is 4.39. The minimum absolute atomic E-state index is 0.400. The Morgan fingerprint density at radius 1 is 1.38 bits per heavy atom. The number of para-hydroxylation sites is 1.